The Hall–Kier alpha value is -3.43. The molecule has 3 heterocycles. The van der Waals surface area contributed by atoms with Crippen LogP contribution < -0.4 is 21.7 Å². The molecule has 2 aliphatic heterocycles. The van der Waals surface area contributed by atoms with Gasteiger partial charge in [0.2, 0.25) is 0 Å². The Balaban J connectivity index is 1.54. The maximum atomic E-state index is 12.5. The van der Waals surface area contributed by atoms with Gasteiger partial charge in [0, 0.05) is 60.6 Å². The van der Waals surface area contributed by atoms with Crippen molar-refractivity contribution >= 4 is 40.7 Å². The summed E-state index contributed by atoms with van der Waals surface area (Å²) in [7, 11) is 0. The fraction of sp³-hybridized carbons (Fsp3) is 0.250. The molecule has 0 saturated carbocycles. The largest absolute Gasteiger partial charge is 0.361 e. The first-order valence-electron chi connectivity index (χ1n) is 9.38. The summed E-state index contributed by atoms with van der Waals surface area (Å²) in [5.41, 5.74) is 8.64. The quantitative estimate of drug-likeness (QED) is 0.382. The lowest BCUT2D eigenvalue weighted by Crippen LogP contribution is -2.45. The number of carbonyl (C=O) groups excluding carboxylic acids is 3. The molecule has 1 aromatic carbocycles. The minimum atomic E-state index is -0.676. The topological polar surface area (TPSA) is 132 Å². The van der Waals surface area contributed by atoms with E-state index in [-0.39, 0.29) is 11.7 Å². The second-order valence-electron chi connectivity index (χ2n) is 7.05. The van der Waals surface area contributed by atoms with Gasteiger partial charge in [-0.2, -0.15) is 0 Å². The summed E-state index contributed by atoms with van der Waals surface area (Å²) in [5.74, 6) is -0.212. The summed E-state index contributed by atoms with van der Waals surface area (Å²) in [6.45, 7) is 3.86. The average Bonchev–Trinajstić information content (AvgIpc) is 3.28. The minimum absolute atomic E-state index is 0.0389. The Labute approximate surface area is 167 Å². The van der Waals surface area contributed by atoms with E-state index in [0.717, 1.165) is 26.2 Å². The number of H-pyrrole nitrogens is 1. The maximum absolute atomic E-state index is 12.5. The predicted octanol–water partition coefficient (Wildman–Crippen LogP) is 1.09. The minimum Gasteiger partial charge on any atom is -0.361 e. The van der Waals surface area contributed by atoms with E-state index >= 15 is 0 Å². The molecule has 0 spiro atoms. The Morgan fingerprint density at radius 3 is 2.76 bits per heavy atom. The van der Waals surface area contributed by atoms with Crippen LogP contribution >= 0.6 is 0 Å². The summed E-state index contributed by atoms with van der Waals surface area (Å²) in [6.07, 6.45) is 3.35. The van der Waals surface area contributed by atoms with Gasteiger partial charge in [0.25, 0.3) is 5.91 Å². The van der Waals surface area contributed by atoms with E-state index in [9.17, 15) is 14.4 Å². The summed E-state index contributed by atoms with van der Waals surface area (Å²) >= 11 is 0. The van der Waals surface area contributed by atoms with E-state index in [1.54, 1.807) is 36.5 Å². The van der Waals surface area contributed by atoms with Crippen LogP contribution in [0.25, 0.3) is 11.6 Å². The number of fused-ring (bicyclic) bond motifs is 1. The van der Waals surface area contributed by atoms with Gasteiger partial charge in [-0.05, 0) is 30.3 Å². The van der Waals surface area contributed by atoms with Gasteiger partial charge in [-0.3, -0.25) is 14.5 Å². The first-order chi connectivity index (χ1) is 14.0. The molecular weight excluding hydrogens is 372 g/mol. The van der Waals surface area contributed by atoms with Gasteiger partial charge in [0.05, 0.1) is 12.1 Å². The zero-order valence-corrected chi connectivity index (χ0v) is 15.7. The van der Waals surface area contributed by atoms with Crippen molar-refractivity contribution in [3.05, 3.63) is 47.3 Å². The van der Waals surface area contributed by atoms with Gasteiger partial charge in [0.15, 0.2) is 5.78 Å². The molecule has 6 N–H and O–H groups in total. The van der Waals surface area contributed by atoms with Gasteiger partial charge in [-0.25, -0.2) is 4.79 Å². The van der Waals surface area contributed by atoms with Crippen molar-refractivity contribution < 1.29 is 14.4 Å². The lowest BCUT2D eigenvalue weighted by atomic mass is 10.0. The number of aromatic nitrogens is 1. The molecule has 0 atom stereocenters. The Morgan fingerprint density at radius 2 is 2.00 bits per heavy atom. The SMILES string of the molecule is NC(=O)Nc1ccc2c(c1)/C(=C/c1cc(C(=O)CN3CCNCC3)c[nH]1)C(=O)N2. The first-order valence-corrected chi connectivity index (χ1v) is 9.38. The van der Waals surface area contributed by atoms with Crippen LogP contribution in [-0.4, -0.2) is 60.3 Å². The number of nitrogens with two attached hydrogens (primary N) is 1. The van der Waals surface area contributed by atoms with Gasteiger partial charge < -0.3 is 26.7 Å². The number of nitrogens with zero attached hydrogens (tertiary/aromatic N) is 1. The number of hydrogen-bond acceptors (Lipinski definition) is 5. The lowest BCUT2D eigenvalue weighted by Gasteiger charge is -2.26. The monoisotopic (exact) mass is 394 g/mol. The molecule has 9 heteroatoms. The summed E-state index contributed by atoms with van der Waals surface area (Å²) in [4.78, 5) is 41.2. The summed E-state index contributed by atoms with van der Waals surface area (Å²) in [6, 6.07) is 6.12. The lowest BCUT2D eigenvalue weighted by molar-refractivity contribution is -0.110. The van der Waals surface area contributed by atoms with E-state index in [1.807, 2.05) is 0 Å². The molecule has 2 aliphatic rings. The van der Waals surface area contributed by atoms with Crippen LogP contribution in [-0.2, 0) is 4.79 Å². The second kappa shape index (κ2) is 7.90. The van der Waals surface area contributed by atoms with Crippen molar-refractivity contribution in [2.45, 2.75) is 0 Å². The van der Waals surface area contributed by atoms with Gasteiger partial charge in [0.1, 0.15) is 0 Å². The van der Waals surface area contributed by atoms with Crippen molar-refractivity contribution in [1.29, 1.82) is 0 Å². The van der Waals surface area contributed by atoms with Crippen LogP contribution in [0.2, 0.25) is 0 Å². The number of amides is 3. The van der Waals surface area contributed by atoms with Crippen LogP contribution in [0.15, 0.2) is 30.5 Å². The molecule has 1 aromatic heterocycles. The molecule has 0 unspecified atom stereocenters. The Morgan fingerprint density at radius 1 is 1.21 bits per heavy atom. The zero-order chi connectivity index (χ0) is 20.4. The molecule has 2 aromatic rings. The normalized spacial score (nSPS) is 17.8. The van der Waals surface area contributed by atoms with Crippen LogP contribution in [0.3, 0.4) is 0 Å². The van der Waals surface area contributed by atoms with E-state index < -0.39 is 6.03 Å². The summed E-state index contributed by atoms with van der Waals surface area (Å²) < 4.78 is 0. The molecule has 0 radical (unpaired) electrons. The Bertz CT molecular complexity index is 1000. The van der Waals surface area contributed by atoms with E-state index in [4.69, 9.17) is 5.73 Å². The van der Waals surface area contributed by atoms with Crippen molar-refractivity contribution in [3.63, 3.8) is 0 Å². The van der Waals surface area contributed by atoms with E-state index in [1.165, 1.54) is 0 Å². The highest BCUT2D eigenvalue weighted by molar-refractivity contribution is 6.35. The third kappa shape index (κ3) is 4.20. The first kappa shape index (κ1) is 18.9. The molecule has 29 heavy (non-hydrogen) atoms. The standard InChI is InChI=1S/C20H22N6O3/c21-20(29)24-13-1-2-17-15(8-13)16(19(28)25-17)9-14-7-12(10-23-14)18(27)11-26-5-3-22-4-6-26/h1-2,7-10,22-23H,3-6,11H2,(H,25,28)(H3,21,24,29)/b16-9-. The third-order valence-electron chi connectivity index (χ3n) is 4.97. The molecule has 0 bridgehead atoms. The zero-order valence-electron chi connectivity index (χ0n) is 15.7. The molecular formula is C20H22N6O3. The molecule has 150 valence electrons. The van der Waals surface area contributed by atoms with Crippen molar-refractivity contribution in [2.75, 3.05) is 43.4 Å². The molecule has 0 aliphatic carbocycles. The van der Waals surface area contributed by atoms with Gasteiger partial charge in [-0.1, -0.05) is 0 Å². The number of benzene rings is 1. The number of rotatable bonds is 5. The molecule has 1 saturated heterocycles. The van der Waals surface area contributed by atoms with Crippen LogP contribution in [0.1, 0.15) is 21.6 Å². The molecule has 1 fully saturated rings. The molecule has 3 amide bonds. The highest BCUT2D eigenvalue weighted by Crippen LogP contribution is 2.35. The number of ketones is 1. The summed E-state index contributed by atoms with van der Waals surface area (Å²) in [5, 5.41) is 8.55. The van der Waals surface area contributed by atoms with Crippen LogP contribution in [0.5, 0.6) is 0 Å². The highest BCUT2D eigenvalue weighted by atomic mass is 16.2. The number of primary amides is 1. The number of piperazine rings is 1. The van der Waals surface area contributed by atoms with E-state index in [0.29, 0.717) is 40.3 Å². The predicted molar refractivity (Wildman–Crippen MR) is 111 cm³/mol. The molecule has 9 nitrogen and oxygen atoms in total. The fourth-order valence-electron chi connectivity index (χ4n) is 3.53. The second-order valence-corrected chi connectivity index (χ2v) is 7.05. The molecule has 4 rings (SSSR count). The number of aromatic amines is 1. The van der Waals surface area contributed by atoms with Crippen molar-refractivity contribution in [3.8, 4) is 0 Å². The van der Waals surface area contributed by atoms with Crippen LogP contribution in [0.4, 0.5) is 16.2 Å². The van der Waals surface area contributed by atoms with Gasteiger partial charge >= 0.3 is 6.03 Å². The highest BCUT2D eigenvalue weighted by Gasteiger charge is 2.25. The van der Waals surface area contributed by atoms with Crippen molar-refractivity contribution in [1.82, 2.24) is 15.2 Å². The van der Waals surface area contributed by atoms with Crippen molar-refractivity contribution in [2.24, 2.45) is 5.73 Å². The fourth-order valence-corrected chi connectivity index (χ4v) is 3.53. The van der Waals surface area contributed by atoms with Gasteiger partial charge in [-0.15, -0.1) is 0 Å². The average molecular weight is 394 g/mol. The van der Waals surface area contributed by atoms with E-state index in [2.05, 4.69) is 25.8 Å². The number of anilines is 2. The van der Waals surface area contributed by atoms with Crippen LogP contribution in [0, 0.1) is 0 Å². The number of urea groups is 1. The number of Topliss-reactive ketones (excluding diaryl/α,β-unsaturated/α-hetero) is 1. The third-order valence-corrected chi connectivity index (χ3v) is 4.97. The number of carbonyl (C=O) groups is 3. The Kier molecular flexibility index (Phi) is 5.15. The number of hydrogen-bond donors (Lipinski definition) is 5. The smallest absolute Gasteiger partial charge is 0.316 e. The number of nitrogens with one attached hydrogen (secondary N) is 4. The maximum Gasteiger partial charge on any atom is 0.316 e.